The van der Waals surface area contributed by atoms with Crippen molar-refractivity contribution in [2.45, 2.75) is 70.4 Å². The topological polar surface area (TPSA) is 139 Å². The molecule has 34 heavy (non-hydrogen) atoms. The molecule has 1 aliphatic carbocycles. The summed E-state index contributed by atoms with van der Waals surface area (Å²) >= 11 is 0. The molecule has 190 valence electrons. The molecule has 2 atom stereocenters. The number of nitrogens with zero attached hydrogens (tertiary/aromatic N) is 4. The fraction of sp³-hybridized carbons (Fsp3) is 0.833. The Morgan fingerprint density at radius 2 is 1.91 bits per heavy atom. The average molecular weight is 475 g/mol. The second-order valence-corrected chi connectivity index (χ2v) is 10.5. The fourth-order valence-electron chi connectivity index (χ4n) is 5.31. The second-order valence-electron chi connectivity index (χ2n) is 10.5. The Kier molecular flexibility index (Phi) is 9.54. The molecule has 2 saturated heterocycles. The van der Waals surface area contributed by atoms with Gasteiger partial charge in [-0.25, -0.2) is 9.79 Å². The number of nitrogens with two attached hydrogens (primary N) is 1. The maximum atomic E-state index is 13.4. The Morgan fingerprint density at radius 1 is 1.21 bits per heavy atom. The zero-order valence-electron chi connectivity index (χ0n) is 20.8. The Morgan fingerprint density at radius 3 is 2.53 bits per heavy atom. The van der Waals surface area contributed by atoms with Gasteiger partial charge in [0.15, 0.2) is 0 Å². The molecule has 0 aromatic carbocycles. The van der Waals surface area contributed by atoms with Crippen LogP contribution >= 0.6 is 0 Å². The van der Waals surface area contributed by atoms with Crippen molar-refractivity contribution in [2.24, 2.45) is 22.6 Å². The SMILES string of the molecule is CC(C)CC(N=C(NC(N)=O)N1CCNCC1)C(=O)NC1(C#N)CCN(CC2CCCCC2)C1. The lowest BCUT2D eigenvalue weighted by Crippen LogP contribution is -2.55. The van der Waals surface area contributed by atoms with Crippen LogP contribution in [0.25, 0.3) is 0 Å². The third-order valence-corrected chi connectivity index (χ3v) is 7.09. The smallest absolute Gasteiger partial charge is 0.318 e. The van der Waals surface area contributed by atoms with Gasteiger partial charge in [-0.15, -0.1) is 0 Å². The van der Waals surface area contributed by atoms with Gasteiger partial charge >= 0.3 is 6.03 Å². The van der Waals surface area contributed by atoms with E-state index in [4.69, 9.17) is 5.73 Å². The van der Waals surface area contributed by atoms with Crippen LogP contribution in [0.15, 0.2) is 4.99 Å². The minimum absolute atomic E-state index is 0.210. The summed E-state index contributed by atoms with van der Waals surface area (Å²) in [5.41, 5.74) is 4.50. The predicted octanol–water partition coefficient (Wildman–Crippen LogP) is 0.995. The van der Waals surface area contributed by atoms with Gasteiger partial charge in [0.25, 0.3) is 0 Å². The third-order valence-electron chi connectivity index (χ3n) is 7.09. The van der Waals surface area contributed by atoms with Crippen molar-refractivity contribution in [1.82, 2.24) is 25.8 Å². The molecular weight excluding hydrogens is 432 g/mol. The molecule has 2 unspecified atom stereocenters. The number of likely N-dealkylation sites (tertiary alicyclic amines) is 1. The van der Waals surface area contributed by atoms with Crippen molar-refractivity contribution in [1.29, 1.82) is 5.26 Å². The minimum atomic E-state index is -0.900. The van der Waals surface area contributed by atoms with Gasteiger partial charge in [0, 0.05) is 45.8 Å². The van der Waals surface area contributed by atoms with Crippen LogP contribution in [0.5, 0.6) is 0 Å². The highest BCUT2D eigenvalue weighted by Gasteiger charge is 2.41. The molecule has 5 N–H and O–H groups in total. The van der Waals surface area contributed by atoms with E-state index in [9.17, 15) is 14.9 Å². The number of nitriles is 1. The average Bonchev–Trinajstić information content (AvgIpc) is 3.21. The molecule has 2 aliphatic heterocycles. The van der Waals surface area contributed by atoms with E-state index in [1.165, 1.54) is 32.1 Å². The van der Waals surface area contributed by atoms with Crippen molar-refractivity contribution in [3.05, 3.63) is 0 Å². The Bertz CT molecular complexity index is 767. The van der Waals surface area contributed by atoms with E-state index < -0.39 is 17.6 Å². The first-order chi connectivity index (χ1) is 16.3. The number of rotatable bonds is 7. The van der Waals surface area contributed by atoms with Crippen LogP contribution in [-0.4, -0.2) is 85.1 Å². The lowest BCUT2D eigenvalue weighted by Gasteiger charge is -2.31. The normalized spacial score (nSPS) is 25.7. The zero-order chi connectivity index (χ0) is 24.6. The summed E-state index contributed by atoms with van der Waals surface area (Å²) in [6.07, 6.45) is 7.56. The quantitative estimate of drug-likeness (QED) is 0.321. The highest BCUT2D eigenvalue weighted by molar-refractivity contribution is 5.97. The van der Waals surface area contributed by atoms with E-state index >= 15 is 0 Å². The summed E-state index contributed by atoms with van der Waals surface area (Å²) in [7, 11) is 0. The molecule has 10 nitrogen and oxygen atoms in total. The Hall–Kier alpha value is -2.38. The Balaban J connectivity index is 1.71. The molecule has 3 fully saturated rings. The summed E-state index contributed by atoms with van der Waals surface area (Å²) < 4.78 is 0. The number of urea groups is 1. The van der Waals surface area contributed by atoms with Crippen molar-refractivity contribution in [3.8, 4) is 6.07 Å². The molecule has 0 aromatic rings. The van der Waals surface area contributed by atoms with Gasteiger partial charge in [-0.05, 0) is 37.5 Å². The van der Waals surface area contributed by atoms with E-state index in [2.05, 4.69) is 31.9 Å². The van der Waals surface area contributed by atoms with E-state index in [1.807, 2.05) is 18.7 Å². The molecule has 3 amide bonds. The standard InChI is InChI=1S/C24H42N8O2/c1-18(2)14-20(28-23(29-22(26)34)32-12-9-27-10-13-32)21(33)30-24(16-25)8-11-31(17-24)15-19-6-4-3-5-7-19/h18-20,27H,3-15,17H2,1-2H3,(H,30,33)(H3,26,28,29,34). The number of carbonyl (C=O) groups is 2. The number of carbonyl (C=O) groups excluding carboxylic acids is 2. The van der Waals surface area contributed by atoms with Gasteiger partial charge in [0.05, 0.1) is 6.07 Å². The number of hydrogen-bond donors (Lipinski definition) is 4. The maximum Gasteiger partial charge on any atom is 0.318 e. The molecule has 10 heteroatoms. The van der Waals surface area contributed by atoms with Gasteiger partial charge in [-0.1, -0.05) is 33.1 Å². The van der Waals surface area contributed by atoms with Gasteiger partial charge < -0.3 is 21.3 Å². The first-order valence-corrected chi connectivity index (χ1v) is 12.9. The summed E-state index contributed by atoms with van der Waals surface area (Å²) in [5.74, 6) is 0.959. The zero-order valence-corrected chi connectivity index (χ0v) is 20.8. The molecule has 0 bridgehead atoms. The van der Waals surface area contributed by atoms with Gasteiger partial charge in [0.2, 0.25) is 11.9 Å². The Labute approximate surface area is 203 Å². The monoisotopic (exact) mass is 474 g/mol. The number of aliphatic imine (C=N–C) groups is 1. The van der Waals surface area contributed by atoms with Crippen LogP contribution in [0.2, 0.25) is 0 Å². The van der Waals surface area contributed by atoms with Crippen molar-refractivity contribution >= 4 is 17.9 Å². The first-order valence-electron chi connectivity index (χ1n) is 12.9. The lowest BCUT2D eigenvalue weighted by atomic mass is 9.89. The fourth-order valence-corrected chi connectivity index (χ4v) is 5.31. The van der Waals surface area contributed by atoms with Crippen LogP contribution in [-0.2, 0) is 4.79 Å². The van der Waals surface area contributed by atoms with Crippen molar-refractivity contribution in [2.75, 3.05) is 45.8 Å². The first kappa shape index (κ1) is 26.2. The molecule has 3 rings (SSSR count). The maximum absolute atomic E-state index is 13.4. The highest BCUT2D eigenvalue weighted by atomic mass is 16.2. The van der Waals surface area contributed by atoms with E-state index in [0.717, 1.165) is 26.2 Å². The number of primary amides is 1. The number of piperazine rings is 1. The van der Waals surface area contributed by atoms with E-state index in [-0.39, 0.29) is 11.8 Å². The number of hydrogen-bond acceptors (Lipinski definition) is 6. The van der Waals surface area contributed by atoms with Crippen LogP contribution in [0.4, 0.5) is 4.79 Å². The molecule has 1 saturated carbocycles. The summed E-state index contributed by atoms with van der Waals surface area (Å²) in [6.45, 7) is 9.27. The van der Waals surface area contributed by atoms with E-state index in [0.29, 0.717) is 44.4 Å². The number of amides is 3. The number of nitrogens with one attached hydrogen (secondary N) is 3. The number of guanidine groups is 1. The van der Waals surface area contributed by atoms with Crippen LogP contribution in [0.3, 0.4) is 0 Å². The van der Waals surface area contributed by atoms with Crippen LogP contribution in [0, 0.1) is 23.2 Å². The van der Waals surface area contributed by atoms with Crippen LogP contribution in [0.1, 0.15) is 58.8 Å². The third kappa shape index (κ3) is 7.57. The molecule has 2 heterocycles. The summed E-state index contributed by atoms with van der Waals surface area (Å²) in [5, 5.41) is 19.0. The minimum Gasteiger partial charge on any atom is -0.351 e. The van der Waals surface area contributed by atoms with E-state index in [1.54, 1.807) is 0 Å². The molecular formula is C24H42N8O2. The highest BCUT2D eigenvalue weighted by Crippen LogP contribution is 2.28. The molecule has 3 aliphatic rings. The van der Waals surface area contributed by atoms with Crippen molar-refractivity contribution < 1.29 is 9.59 Å². The molecule has 0 spiro atoms. The van der Waals surface area contributed by atoms with Crippen LogP contribution < -0.4 is 21.7 Å². The summed E-state index contributed by atoms with van der Waals surface area (Å²) in [6, 6.07) is 0.984. The predicted molar refractivity (Wildman–Crippen MR) is 132 cm³/mol. The summed E-state index contributed by atoms with van der Waals surface area (Å²) in [4.78, 5) is 34.0. The second kappa shape index (κ2) is 12.4. The molecule has 0 radical (unpaired) electrons. The largest absolute Gasteiger partial charge is 0.351 e. The van der Waals surface area contributed by atoms with Gasteiger partial charge in [0.1, 0.15) is 11.6 Å². The molecule has 0 aromatic heterocycles. The lowest BCUT2D eigenvalue weighted by molar-refractivity contribution is -0.123. The van der Waals surface area contributed by atoms with Crippen molar-refractivity contribution in [3.63, 3.8) is 0 Å². The van der Waals surface area contributed by atoms with Gasteiger partial charge in [-0.2, -0.15) is 5.26 Å². The van der Waals surface area contributed by atoms with Gasteiger partial charge in [-0.3, -0.25) is 15.0 Å².